The van der Waals surface area contributed by atoms with Crippen LogP contribution < -0.4 is 10.1 Å². The van der Waals surface area contributed by atoms with E-state index < -0.39 is 10.0 Å². The smallest absolute Gasteiger partial charge is 0.256 e. The van der Waals surface area contributed by atoms with E-state index in [1.807, 2.05) is 19.1 Å². The van der Waals surface area contributed by atoms with E-state index in [9.17, 15) is 13.2 Å². The topological polar surface area (TPSA) is 75.7 Å². The standard InChI is InChI=1S/C21H26N2O4S/c1-3-14-27-20-9-5-4-8-19(20)22-21(24)18-15-17(11-10-16(18)2)28(25,26)23-12-6-7-13-23/h4-5,8-11,15H,3,6-7,12-14H2,1-2H3,(H,22,24). The zero-order valence-electron chi connectivity index (χ0n) is 16.3. The summed E-state index contributed by atoms with van der Waals surface area (Å²) in [7, 11) is -3.58. The Balaban J connectivity index is 1.87. The van der Waals surface area contributed by atoms with Crippen LogP contribution in [-0.2, 0) is 10.0 Å². The summed E-state index contributed by atoms with van der Waals surface area (Å²) >= 11 is 0. The van der Waals surface area contributed by atoms with E-state index >= 15 is 0 Å². The van der Waals surface area contributed by atoms with Crippen LogP contribution in [0.5, 0.6) is 5.75 Å². The molecule has 1 saturated heterocycles. The second kappa shape index (κ2) is 8.75. The summed E-state index contributed by atoms with van der Waals surface area (Å²) in [6.07, 6.45) is 2.59. The molecule has 28 heavy (non-hydrogen) atoms. The third-order valence-corrected chi connectivity index (χ3v) is 6.65. The molecule has 1 fully saturated rings. The largest absolute Gasteiger partial charge is 0.491 e. The molecule has 1 heterocycles. The molecule has 0 aromatic heterocycles. The van der Waals surface area contributed by atoms with Crippen molar-refractivity contribution in [2.45, 2.75) is 38.0 Å². The normalized spacial score (nSPS) is 14.8. The number of hydrogen-bond donors (Lipinski definition) is 1. The van der Waals surface area contributed by atoms with E-state index in [1.165, 1.54) is 10.4 Å². The number of ether oxygens (including phenoxy) is 1. The second-order valence-electron chi connectivity index (χ2n) is 6.89. The van der Waals surface area contributed by atoms with E-state index in [-0.39, 0.29) is 10.8 Å². The quantitative estimate of drug-likeness (QED) is 0.764. The number of hydrogen-bond acceptors (Lipinski definition) is 4. The summed E-state index contributed by atoms with van der Waals surface area (Å²) in [6, 6.07) is 11.9. The molecule has 0 radical (unpaired) electrons. The first kappa shape index (κ1) is 20.4. The first-order valence-corrected chi connectivity index (χ1v) is 11.0. The van der Waals surface area contributed by atoms with Crippen molar-refractivity contribution in [1.29, 1.82) is 0 Å². The van der Waals surface area contributed by atoms with Gasteiger partial charge in [-0.25, -0.2) is 8.42 Å². The first-order chi connectivity index (χ1) is 13.4. The predicted molar refractivity (Wildman–Crippen MR) is 109 cm³/mol. The van der Waals surface area contributed by atoms with Crippen molar-refractivity contribution in [3.8, 4) is 5.75 Å². The Morgan fingerprint density at radius 1 is 1.14 bits per heavy atom. The van der Waals surface area contributed by atoms with Gasteiger partial charge in [-0.3, -0.25) is 4.79 Å². The Morgan fingerprint density at radius 2 is 1.86 bits per heavy atom. The van der Waals surface area contributed by atoms with Crippen LogP contribution in [0.4, 0.5) is 5.69 Å². The van der Waals surface area contributed by atoms with Crippen molar-refractivity contribution in [3.05, 3.63) is 53.6 Å². The minimum Gasteiger partial charge on any atom is -0.491 e. The van der Waals surface area contributed by atoms with E-state index in [2.05, 4.69) is 5.32 Å². The van der Waals surface area contributed by atoms with Crippen LogP contribution in [0.15, 0.2) is 47.4 Å². The Hall–Kier alpha value is -2.38. The Morgan fingerprint density at radius 3 is 2.57 bits per heavy atom. The van der Waals surface area contributed by atoms with Crippen LogP contribution in [0, 0.1) is 6.92 Å². The zero-order valence-corrected chi connectivity index (χ0v) is 17.1. The highest BCUT2D eigenvalue weighted by atomic mass is 32.2. The number of aryl methyl sites for hydroxylation is 1. The molecule has 1 amide bonds. The number of benzene rings is 2. The maximum absolute atomic E-state index is 12.9. The third kappa shape index (κ3) is 4.36. The lowest BCUT2D eigenvalue weighted by Crippen LogP contribution is -2.28. The van der Waals surface area contributed by atoms with Crippen LogP contribution >= 0.6 is 0 Å². The fourth-order valence-corrected chi connectivity index (χ4v) is 4.73. The molecule has 2 aromatic carbocycles. The minimum atomic E-state index is -3.58. The number of carbonyl (C=O) groups excluding carboxylic acids is 1. The van der Waals surface area contributed by atoms with Gasteiger partial charge < -0.3 is 10.1 Å². The van der Waals surface area contributed by atoms with Crippen molar-refractivity contribution in [3.63, 3.8) is 0 Å². The number of amides is 1. The van der Waals surface area contributed by atoms with Gasteiger partial charge in [0.25, 0.3) is 5.91 Å². The molecule has 7 heteroatoms. The van der Waals surface area contributed by atoms with Crippen molar-refractivity contribution in [2.24, 2.45) is 0 Å². The lowest BCUT2D eigenvalue weighted by atomic mass is 10.1. The molecule has 150 valence electrons. The molecular formula is C21H26N2O4S. The van der Waals surface area contributed by atoms with Gasteiger partial charge >= 0.3 is 0 Å². The average Bonchev–Trinajstić information content (AvgIpc) is 3.23. The Labute approximate surface area is 166 Å². The Bertz CT molecular complexity index is 951. The van der Waals surface area contributed by atoms with Crippen LogP contribution in [0.3, 0.4) is 0 Å². The van der Waals surface area contributed by atoms with E-state index in [1.54, 1.807) is 31.2 Å². The molecule has 0 saturated carbocycles. The highest BCUT2D eigenvalue weighted by Crippen LogP contribution is 2.27. The molecule has 1 aliphatic heterocycles. The number of anilines is 1. The number of sulfonamides is 1. The van der Waals surface area contributed by atoms with Gasteiger partial charge in [-0.05, 0) is 56.0 Å². The SMILES string of the molecule is CCCOc1ccccc1NC(=O)c1cc(S(=O)(=O)N2CCCC2)ccc1C. The predicted octanol–water partition coefficient (Wildman–Crippen LogP) is 3.82. The second-order valence-corrected chi connectivity index (χ2v) is 8.82. The monoisotopic (exact) mass is 402 g/mol. The number of para-hydroxylation sites is 2. The third-order valence-electron chi connectivity index (χ3n) is 4.75. The highest BCUT2D eigenvalue weighted by Gasteiger charge is 2.28. The zero-order chi connectivity index (χ0) is 20.1. The molecule has 0 bridgehead atoms. The van der Waals surface area contributed by atoms with Crippen molar-refractivity contribution in [2.75, 3.05) is 25.0 Å². The maximum Gasteiger partial charge on any atom is 0.256 e. The molecule has 1 N–H and O–H groups in total. The summed E-state index contributed by atoms with van der Waals surface area (Å²) in [4.78, 5) is 13.0. The van der Waals surface area contributed by atoms with Gasteiger partial charge in [0, 0.05) is 18.7 Å². The molecule has 3 rings (SSSR count). The molecular weight excluding hydrogens is 376 g/mol. The molecule has 0 unspecified atom stereocenters. The van der Waals surface area contributed by atoms with Gasteiger partial charge in [0.15, 0.2) is 0 Å². The average molecular weight is 403 g/mol. The molecule has 0 aliphatic carbocycles. The molecule has 0 atom stereocenters. The van der Waals surface area contributed by atoms with Gasteiger partial charge in [-0.2, -0.15) is 4.31 Å². The van der Waals surface area contributed by atoms with Crippen molar-refractivity contribution in [1.82, 2.24) is 4.31 Å². The number of rotatable bonds is 7. The highest BCUT2D eigenvalue weighted by molar-refractivity contribution is 7.89. The van der Waals surface area contributed by atoms with Gasteiger partial charge in [0.1, 0.15) is 5.75 Å². The summed E-state index contributed by atoms with van der Waals surface area (Å²) in [5.41, 5.74) is 1.61. The van der Waals surface area contributed by atoms with Crippen molar-refractivity contribution >= 4 is 21.6 Å². The summed E-state index contributed by atoms with van der Waals surface area (Å²) in [5.74, 6) is 0.236. The van der Waals surface area contributed by atoms with Gasteiger partial charge in [0.2, 0.25) is 10.0 Å². The number of nitrogens with zero attached hydrogens (tertiary/aromatic N) is 1. The summed E-state index contributed by atoms with van der Waals surface area (Å²) in [5, 5.41) is 2.85. The lowest BCUT2D eigenvalue weighted by Gasteiger charge is -2.17. The van der Waals surface area contributed by atoms with E-state index in [0.29, 0.717) is 42.3 Å². The molecule has 2 aromatic rings. The fraction of sp³-hybridized carbons (Fsp3) is 0.381. The van der Waals surface area contributed by atoms with E-state index in [0.717, 1.165) is 19.3 Å². The maximum atomic E-state index is 12.9. The summed E-state index contributed by atoms with van der Waals surface area (Å²) in [6.45, 7) is 5.41. The van der Waals surface area contributed by atoms with Gasteiger partial charge in [0.05, 0.1) is 17.2 Å². The molecule has 0 spiro atoms. The lowest BCUT2D eigenvalue weighted by molar-refractivity contribution is 0.102. The van der Waals surface area contributed by atoms with E-state index in [4.69, 9.17) is 4.74 Å². The minimum absolute atomic E-state index is 0.153. The van der Waals surface area contributed by atoms with Crippen molar-refractivity contribution < 1.29 is 17.9 Å². The Kier molecular flexibility index (Phi) is 6.36. The van der Waals surface area contributed by atoms with Gasteiger partial charge in [-0.15, -0.1) is 0 Å². The van der Waals surface area contributed by atoms with Crippen LogP contribution in [-0.4, -0.2) is 38.3 Å². The molecule has 1 aliphatic rings. The summed E-state index contributed by atoms with van der Waals surface area (Å²) < 4.78 is 32.8. The number of nitrogens with one attached hydrogen (secondary N) is 1. The fourth-order valence-electron chi connectivity index (χ4n) is 3.18. The van der Waals surface area contributed by atoms with Crippen LogP contribution in [0.25, 0.3) is 0 Å². The van der Waals surface area contributed by atoms with Crippen LogP contribution in [0.1, 0.15) is 42.1 Å². The first-order valence-electron chi connectivity index (χ1n) is 9.57. The molecule has 6 nitrogen and oxygen atoms in total. The van der Waals surface area contributed by atoms with Gasteiger partial charge in [-0.1, -0.05) is 25.1 Å². The van der Waals surface area contributed by atoms with Crippen LogP contribution in [0.2, 0.25) is 0 Å². The number of carbonyl (C=O) groups is 1.